The lowest BCUT2D eigenvalue weighted by Gasteiger charge is -2.32. The number of hydrogen-bond acceptors (Lipinski definition) is 3. The van der Waals surface area contributed by atoms with Gasteiger partial charge in [-0.2, -0.15) is 0 Å². The van der Waals surface area contributed by atoms with E-state index in [0.717, 1.165) is 18.4 Å². The molecule has 122 valence electrons. The lowest BCUT2D eigenvalue weighted by atomic mass is 9.87. The van der Waals surface area contributed by atoms with Crippen molar-refractivity contribution >= 4 is 5.96 Å². The van der Waals surface area contributed by atoms with Gasteiger partial charge in [-0.1, -0.05) is 19.8 Å². The van der Waals surface area contributed by atoms with E-state index in [1.807, 2.05) is 0 Å². The van der Waals surface area contributed by atoms with Crippen molar-refractivity contribution < 1.29 is 9.84 Å². The number of ether oxygens (including phenoxy) is 1. The molecule has 1 aliphatic heterocycles. The SMILES string of the molecule is CCNC(=NCC1(O)CCOCC1)NC1CCCC(C)C1. The van der Waals surface area contributed by atoms with Crippen molar-refractivity contribution in [3.8, 4) is 0 Å². The van der Waals surface area contributed by atoms with E-state index in [9.17, 15) is 5.11 Å². The van der Waals surface area contributed by atoms with Crippen molar-refractivity contribution in [3.05, 3.63) is 0 Å². The predicted molar refractivity (Wildman–Crippen MR) is 85.5 cm³/mol. The number of guanidine groups is 1. The minimum Gasteiger partial charge on any atom is -0.388 e. The summed E-state index contributed by atoms with van der Waals surface area (Å²) >= 11 is 0. The fraction of sp³-hybridized carbons (Fsp3) is 0.938. The van der Waals surface area contributed by atoms with Crippen LogP contribution in [-0.2, 0) is 4.74 Å². The van der Waals surface area contributed by atoms with Crippen molar-refractivity contribution in [1.29, 1.82) is 0 Å². The van der Waals surface area contributed by atoms with E-state index < -0.39 is 5.60 Å². The Morgan fingerprint density at radius 3 is 2.76 bits per heavy atom. The molecule has 2 fully saturated rings. The smallest absolute Gasteiger partial charge is 0.191 e. The summed E-state index contributed by atoms with van der Waals surface area (Å²) in [5.74, 6) is 1.63. The second-order valence-corrected chi connectivity index (χ2v) is 6.64. The number of nitrogens with one attached hydrogen (secondary N) is 2. The zero-order valence-corrected chi connectivity index (χ0v) is 13.5. The molecule has 21 heavy (non-hydrogen) atoms. The molecule has 5 heteroatoms. The van der Waals surface area contributed by atoms with Crippen LogP contribution in [0.25, 0.3) is 0 Å². The van der Waals surface area contributed by atoms with E-state index in [1.165, 1.54) is 25.7 Å². The molecular formula is C16H31N3O2. The van der Waals surface area contributed by atoms with Gasteiger partial charge in [0.15, 0.2) is 5.96 Å². The number of aliphatic imine (C=N–C) groups is 1. The average molecular weight is 297 g/mol. The summed E-state index contributed by atoms with van der Waals surface area (Å²) in [5, 5.41) is 17.3. The van der Waals surface area contributed by atoms with Crippen LogP contribution in [0, 0.1) is 5.92 Å². The van der Waals surface area contributed by atoms with Crippen LogP contribution in [-0.4, -0.2) is 49.0 Å². The van der Waals surface area contributed by atoms with Crippen molar-refractivity contribution in [3.63, 3.8) is 0 Å². The van der Waals surface area contributed by atoms with Gasteiger partial charge in [0.25, 0.3) is 0 Å². The average Bonchev–Trinajstić information content (AvgIpc) is 2.46. The van der Waals surface area contributed by atoms with Crippen LogP contribution in [0.1, 0.15) is 52.4 Å². The Morgan fingerprint density at radius 1 is 1.33 bits per heavy atom. The third kappa shape index (κ3) is 5.47. The highest BCUT2D eigenvalue weighted by Gasteiger charge is 2.29. The van der Waals surface area contributed by atoms with E-state index in [0.29, 0.717) is 38.6 Å². The molecule has 1 heterocycles. The molecule has 2 aliphatic rings. The van der Waals surface area contributed by atoms with Crippen molar-refractivity contribution in [1.82, 2.24) is 10.6 Å². The molecule has 2 unspecified atom stereocenters. The minimum absolute atomic E-state index is 0.452. The normalized spacial score (nSPS) is 30.0. The molecule has 0 aromatic rings. The standard InChI is InChI=1S/C16H31N3O2/c1-3-17-15(19-14-6-4-5-13(2)11-14)18-12-16(20)7-9-21-10-8-16/h13-14,20H,3-12H2,1-2H3,(H2,17,18,19). The molecule has 0 bridgehead atoms. The van der Waals surface area contributed by atoms with Gasteiger partial charge in [-0.15, -0.1) is 0 Å². The zero-order valence-electron chi connectivity index (χ0n) is 13.5. The summed E-state index contributed by atoms with van der Waals surface area (Å²) in [6.07, 6.45) is 6.41. The Hall–Kier alpha value is -0.810. The van der Waals surface area contributed by atoms with Crippen LogP contribution >= 0.6 is 0 Å². The third-order valence-corrected chi connectivity index (χ3v) is 4.58. The molecule has 2 rings (SSSR count). The quantitative estimate of drug-likeness (QED) is 0.545. The van der Waals surface area contributed by atoms with E-state index in [-0.39, 0.29) is 0 Å². The number of hydrogen-bond donors (Lipinski definition) is 3. The summed E-state index contributed by atoms with van der Waals surface area (Å²) in [6, 6.07) is 0.510. The maximum Gasteiger partial charge on any atom is 0.191 e. The van der Waals surface area contributed by atoms with Gasteiger partial charge in [0.2, 0.25) is 0 Å². The largest absolute Gasteiger partial charge is 0.388 e. The van der Waals surface area contributed by atoms with Crippen LogP contribution in [0.5, 0.6) is 0 Å². The molecule has 0 aromatic carbocycles. The van der Waals surface area contributed by atoms with E-state index in [4.69, 9.17) is 4.74 Å². The lowest BCUT2D eigenvalue weighted by molar-refractivity contribution is -0.0566. The molecule has 2 atom stereocenters. The monoisotopic (exact) mass is 297 g/mol. The molecule has 0 amide bonds. The molecule has 1 aliphatic carbocycles. The summed E-state index contributed by atoms with van der Waals surface area (Å²) in [6.45, 7) is 6.96. The van der Waals surface area contributed by atoms with Gasteiger partial charge in [0, 0.05) is 38.6 Å². The first-order chi connectivity index (χ1) is 10.1. The van der Waals surface area contributed by atoms with Gasteiger partial charge in [0.05, 0.1) is 12.1 Å². The highest BCUT2D eigenvalue weighted by atomic mass is 16.5. The molecule has 5 nitrogen and oxygen atoms in total. The minimum atomic E-state index is -0.694. The van der Waals surface area contributed by atoms with Crippen molar-refractivity contribution in [2.45, 2.75) is 64.0 Å². The Kier molecular flexibility index (Phi) is 6.30. The number of aliphatic hydroxyl groups is 1. The lowest BCUT2D eigenvalue weighted by Crippen LogP contribution is -2.46. The van der Waals surface area contributed by atoms with Gasteiger partial charge >= 0.3 is 0 Å². The molecule has 0 spiro atoms. The molecular weight excluding hydrogens is 266 g/mol. The van der Waals surface area contributed by atoms with E-state index >= 15 is 0 Å². The number of rotatable bonds is 4. The summed E-state index contributed by atoms with van der Waals surface area (Å²) in [4.78, 5) is 4.62. The van der Waals surface area contributed by atoms with Crippen LogP contribution in [0.4, 0.5) is 0 Å². The van der Waals surface area contributed by atoms with Crippen molar-refractivity contribution in [2.75, 3.05) is 26.3 Å². The maximum absolute atomic E-state index is 10.5. The third-order valence-electron chi connectivity index (χ3n) is 4.58. The Balaban J connectivity index is 1.89. The Labute approximate surface area is 128 Å². The summed E-state index contributed by atoms with van der Waals surface area (Å²) < 4.78 is 5.31. The van der Waals surface area contributed by atoms with Crippen LogP contribution in [0.3, 0.4) is 0 Å². The van der Waals surface area contributed by atoms with Gasteiger partial charge in [-0.25, -0.2) is 0 Å². The van der Waals surface area contributed by atoms with Gasteiger partial charge in [-0.05, 0) is 25.7 Å². The highest BCUT2D eigenvalue weighted by molar-refractivity contribution is 5.80. The fourth-order valence-corrected chi connectivity index (χ4v) is 3.21. The van der Waals surface area contributed by atoms with Crippen LogP contribution in [0.15, 0.2) is 4.99 Å². The summed E-state index contributed by atoms with van der Waals surface area (Å²) in [7, 11) is 0. The van der Waals surface area contributed by atoms with Crippen molar-refractivity contribution in [2.24, 2.45) is 10.9 Å². The number of nitrogens with zero attached hydrogens (tertiary/aromatic N) is 1. The second-order valence-electron chi connectivity index (χ2n) is 6.64. The zero-order chi connectivity index (χ0) is 15.1. The first-order valence-corrected chi connectivity index (χ1v) is 8.46. The van der Waals surface area contributed by atoms with Gasteiger partial charge < -0.3 is 20.5 Å². The topological polar surface area (TPSA) is 65.9 Å². The van der Waals surface area contributed by atoms with E-state index in [2.05, 4.69) is 29.5 Å². The van der Waals surface area contributed by atoms with Crippen LogP contribution in [0.2, 0.25) is 0 Å². The molecule has 0 radical (unpaired) electrons. The molecule has 1 saturated carbocycles. The second kappa shape index (κ2) is 7.99. The molecule has 3 N–H and O–H groups in total. The van der Waals surface area contributed by atoms with E-state index in [1.54, 1.807) is 0 Å². The highest BCUT2D eigenvalue weighted by Crippen LogP contribution is 2.23. The Bertz CT molecular complexity index is 340. The molecule has 0 aromatic heterocycles. The predicted octanol–water partition coefficient (Wildman–Crippen LogP) is 1.66. The Morgan fingerprint density at radius 2 is 2.10 bits per heavy atom. The first-order valence-electron chi connectivity index (χ1n) is 8.46. The first kappa shape index (κ1) is 16.6. The summed E-state index contributed by atoms with van der Waals surface area (Å²) in [5.41, 5.74) is -0.694. The maximum atomic E-state index is 10.5. The fourth-order valence-electron chi connectivity index (χ4n) is 3.21. The van der Waals surface area contributed by atoms with Gasteiger partial charge in [0.1, 0.15) is 0 Å². The van der Waals surface area contributed by atoms with Crippen LogP contribution < -0.4 is 10.6 Å². The van der Waals surface area contributed by atoms with Gasteiger partial charge in [-0.3, -0.25) is 4.99 Å². The molecule has 1 saturated heterocycles.